The van der Waals surface area contributed by atoms with Crippen molar-refractivity contribution in [2.75, 3.05) is 25.2 Å². The van der Waals surface area contributed by atoms with E-state index in [0.29, 0.717) is 34.5 Å². The highest BCUT2D eigenvalue weighted by molar-refractivity contribution is 14.1. The van der Waals surface area contributed by atoms with E-state index in [9.17, 15) is 29.9 Å². The molecular formula is C30H33BINO8. The predicted octanol–water partition coefficient (Wildman–Crippen LogP) is 2.77. The largest absolute Gasteiger partial charge is 0.504 e. The van der Waals surface area contributed by atoms with Crippen LogP contribution in [-0.4, -0.2) is 65.6 Å². The maximum Gasteiger partial charge on any atom is 0.488 e. The molecule has 4 atom stereocenters. The van der Waals surface area contributed by atoms with Gasteiger partial charge in [0, 0.05) is 5.92 Å². The van der Waals surface area contributed by atoms with Crippen LogP contribution in [-0.2, 0) is 14.3 Å². The highest BCUT2D eigenvalue weighted by Crippen LogP contribution is 2.50. The molecule has 11 heteroatoms. The van der Waals surface area contributed by atoms with Crippen molar-refractivity contribution in [3.63, 3.8) is 0 Å². The molecule has 2 aromatic carbocycles. The zero-order chi connectivity index (χ0) is 29.4. The van der Waals surface area contributed by atoms with E-state index in [1.54, 1.807) is 18.2 Å². The van der Waals surface area contributed by atoms with E-state index in [2.05, 4.69) is 35.6 Å². The van der Waals surface area contributed by atoms with Crippen molar-refractivity contribution in [1.29, 1.82) is 0 Å². The highest BCUT2D eigenvalue weighted by atomic mass is 127. The first-order chi connectivity index (χ1) is 19.7. The molecule has 41 heavy (non-hydrogen) atoms. The van der Waals surface area contributed by atoms with Gasteiger partial charge in [0.1, 0.15) is 0 Å². The molecule has 0 saturated carbocycles. The number of aliphatic hydroxyl groups is 1. The van der Waals surface area contributed by atoms with E-state index in [0.717, 1.165) is 34.5 Å². The van der Waals surface area contributed by atoms with E-state index in [-0.39, 0.29) is 41.7 Å². The fourth-order valence-corrected chi connectivity index (χ4v) is 7.06. The summed E-state index contributed by atoms with van der Waals surface area (Å²) in [6.07, 6.45) is 4.33. The number of benzene rings is 2. The van der Waals surface area contributed by atoms with Crippen LogP contribution in [0.2, 0.25) is 0 Å². The summed E-state index contributed by atoms with van der Waals surface area (Å²) < 4.78 is 12.2. The predicted molar refractivity (Wildman–Crippen MR) is 163 cm³/mol. The van der Waals surface area contributed by atoms with E-state index in [1.807, 2.05) is 6.07 Å². The number of phenols is 1. The van der Waals surface area contributed by atoms with Gasteiger partial charge in [-0.25, -0.2) is 0 Å². The average Bonchev–Trinajstić information content (AvgIpc) is 3.50. The SMILES string of the molecule is CC/C(=C\c1cc(I)c(O)c(OC)c1)CC[C@H]1OC[C@H]2C1=C(CO)C[C@H]1C(=O)N(c3cccc(B(O)O)c3)C(=O)[C@H]12. The molecule has 0 spiro atoms. The Bertz CT molecular complexity index is 1420. The smallest absolute Gasteiger partial charge is 0.488 e. The lowest BCUT2D eigenvalue weighted by Gasteiger charge is -2.31. The van der Waals surface area contributed by atoms with Gasteiger partial charge in [0.2, 0.25) is 11.8 Å². The summed E-state index contributed by atoms with van der Waals surface area (Å²) in [6.45, 7) is 2.18. The molecule has 0 bridgehead atoms. The summed E-state index contributed by atoms with van der Waals surface area (Å²) in [5.41, 5.74) is 4.31. The summed E-state index contributed by atoms with van der Waals surface area (Å²) in [6, 6.07) is 9.85. The molecule has 4 N–H and O–H groups in total. The molecule has 0 radical (unpaired) electrons. The first-order valence-corrected chi connectivity index (χ1v) is 14.8. The lowest BCUT2D eigenvalue weighted by atomic mass is 9.69. The van der Waals surface area contributed by atoms with Gasteiger partial charge in [-0.05, 0) is 94.7 Å². The number of methoxy groups -OCH3 is 1. The second-order valence-electron chi connectivity index (χ2n) is 10.7. The Morgan fingerprint density at radius 1 is 1.20 bits per heavy atom. The number of imide groups is 1. The summed E-state index contributed by atoms with van der Waals surface area (Å²) in [7, 11) is -0.197. The molecule has 2 fully saturated rings. The fraction of sp³-hybridized carbons (Fsp3) is 0.400. The number of aromatic hydroxyl groups is 1. The maximum atomic E-state index is 13.7. The van der Waals surface area contributed by atoms with Gasteiger partial charge in [0.15, 0.2) is 11.5 Å². The zero-order valence-corrected chi connectivity index (χ0v) is 25.1. The van der Waals surface area contributed by atoms with Gasteiger partial charge >= 0.3 is 7.12 Å². The molecule has 9 nitrogen and oxygen atoms in total. The third-order valence-corrected chi connectivity index (χ3v) is 9.27. The van der Waals surface area contributed by atoms with Crippen molar-refractivity contribution < 1.29 is 39.3 Å². The van der Waals surface area contributed by atoms with Crippen LogP contribution >= 0.6 is 22.6 Å². The Morgan fingerprint density at radius 3 is 2.66 bits per heavy atom. The third kappa shape index (κ3) is 5.57. The number of ether oxygens (including phenoxy) is 2. The standard InChI is InChI=1S/C30H33BINO8/c1-3-16(9-17-10-23(32)28(35)25(11-17)40-2)7-8-24-26-18(14-34)12-21-27(22(26)15-41-24)30(37)33(29(21)36)20-6-4-5-19(13-20)31(38)39/h4-6,9-11,13,21-22,24,27,34-35,38-39H,3,7-8,12,14-15H2,1-2H3/b16-9+/t21-,22+,24-,27-/m1/s1. The molecule has 2 heterocycles. The van der Waals surface area contributed by atoms with E-state index < -0.39 is 19.0 Å². The molecule has 2 aromatic rings. The average molecular weight is 673 g/mol. The Hall–Kier alpha value is -2.71. The van der Waals surface area contributed by atoms with Crippen molar-refractivity contribution in [3.05, 3.63) is 62.3 Å². The first kappa shape index (κ1) is 29.8. The van der Waals surface area contributed by atoms with E-state index in [4.69, 9.17) is 9.47 Å². The number of carbonyl (C=O) groups is 2. The van der Waals surface area contributed by atoms with Crippen molar-refractivity contribution in [1.82, 2.24) is 0 Å². The minimum Gasteiger partial charge on any atom is -0.504 e. The van der Waals surface area contributed by atoms with Gasteiger partial charge in [0.25, 0.3) is 0 Å². The van der Waals surface area contributed by atoms with Gasteiger partial charge in [-0.2, -0.15) is 0 Å². The molecule has 0 unspecified atom stereocenters. The van der Waals surface area contributed by atoms with Gasteiger partial charge in [-0.15, -0.1) is 0 Å². The van der Waals surface area contributed by atoms with Crippen LogP contribution in [0.25, 0.3) is 6.08 Å². The molecule has 1 aliphatic carbocycles. The van der Waals surface area contributed by atoms with Gasteiger partial charge < -0.3 is 29.7 Å². The zero-order valence-electron chi connectivity index (χ0n) is 22.9. The number of hydrogen-bond donors (Lipinski definition) is 4. The van der Waals surface area contributed by atoms with Gasteiger partial charge in [0.05, 0.1) is 47.5 Å². The van der Waals surface area contributed by atoms with Gasteiger partial charge in [-0.3, -0.25) is 14.5 Å². The van der Waals surface area contributed by atoms with Crippen LogP contribution in [0.5, 0.6) is 11.5 Å². The first-order valence-electron chi connectivity index (χ1n) is 13.7. The van der Waals surface area contributed by atoms with E-state index >= 15 is 0 Å². The molecule has 2 aliphatic heterocycles. The number of allylic oxidation sites excluding steroid dienone is 1. The second-order valence-corrected chi connectivity index (χ2v) is 11.9. The quantitative estimate of drug-likeness (QED) is 0.138. The number of phenolic OH excluding ortho intramolecular Hbond substituents is 1. The molecule has 3 aliphatic rings. The summed E-state index contributed by atoms with van der Waals surface area (Å²) >= 11 is 2.08. The Morgan fingerprint density at radius 2 is 1.98 bits per heavy atom. The van der Waals surface area contributed by atoms with Crippen molar-refractivity contribution in [2.24, 2.45) is 17.8 Å². The molecule has 2 amide bonds. The number of carbonyl (C=O) groups excluding carboxylic acids is 2. The second kappa shape index (κ2) is 12.3. The monoisotopic (exact) mass is 673 g/mol. The molecule has 0 aromatic heterocycles. The molecule has 216 valence electrons. The van der Waals surface area contributed by atoms with E-state index in [1.165, 1.54) is 24.8 Å². The van der Waals surface area contributed by atoms with Crippen molar-refractivity contribution in [3.8, 4) is 11.5 Å². The van der Waals surface area contributed by atoms with Crippen LogP contribution in [0.1, 0.15) is 38.2 Å². The molecular weight excluding hydrogens is 640 g/mol. The number of anilines is 1. The van der Waals surface area contributed by atoms with Crippen LogP contribution in [0.3, 0.4) is 0 Å². The number of rotatable bonds is 9. The molecule has 5 rings (SSSR count). The van der Waals surface area contributed by atoms with Crippen LogP contribution in [0, 0.1) is 21.3 Å². The Labute approximate surface area is 252 Å². The number of hydrogen-bond acceptors (Lipinski definition) is 8. The Balaban J connectivity index is 1.36. The van der Waals surface area contributed by atoms with Gasteiger partial charge in [-0.1, -0.05) is 30.7 Å². The minimum absolute atomic E-state index is 0.116. The van der Waals surface area contributed by atoms with Crippen molar-refractivity contribution in [2.45, 2.75) is 38.7 Å². The Kier molecular flexibility index (Phi) is 8.91. The number of aliphatic hydroxyl groups excluding tert-OH is 1. The summed E-state index contributed by atoms with van der Waals surface area (Å²) in [4.78, 5) is 28.3. The third-order valence-electron chi connectivity index (χ3n) is 8.45. The van der Waals surface area contributed by atoms with Crippen LogP contribution in [0.4, 0.5) is 5.69 Å². The minimum atomic E-state index is -1.72. The van der Waals surface area contributed by atoms with Crippen molar-refractivity contribution >= 4 is 58.7 Å². The lowest BCUT2D eigenvalue weighted by molar-refractivity contribution is -0.122. The number of amides is 2. The number of nitrogens with zero attached hydrogens (tertiary/aromatic N) is 1. The van der Waals surface area contributed by atoms with Crippen LogP contribution < -0.4 is 15.1 Å². The molecule has 2 saturated heterocycles. The summed E-state index contributed by atoms with van der Waals surface area (Å²) in [5.74, 6) is -1.61. The lowest BCUT2D eigenvalue weighted by Crippen LogP contribution is -2.35. The normalized spacial score (nSPS) is 24.1. The highest BCUT2D eigenvalue weighted by Gasteiger charge is 2.57. The number of halogens is 1. The summed E-state index contributed by atoms with van der Waals surface area (Å²) in [5, 5.41) is 39.6. The topological polar surface area (TPSA) is 137 Å². The van der Waals surface area contributed by atoms with Crippen LogP contribution in [0.15, 0.2) is 53.1 Å². The number of fused-ring (bicyclic) bond motifs is 3. The fourth-order valence-electron chi connectivity index (χ4n) is 6.43. The maximum absolute atomic E-state index is 13.7.